The van der Waals surface area contributed by atoms with Gasteiger partial charge in [0.05, 0.1) is 21.2 Å². The summed E-state index contributed by atoms with van der Waals surface area (Å²) >= 11 is 0. The third-order valence-corrected chi connectivity index (χ3v) is 4.13. The highest BCUT2D eigenvalue weighted by Gasteiger charge is 2.20. The number of anilines is 2. The normalized spacial score (nSPS) is 11.3. The first kappa shape index (κ1) is 14.8. The number of benzene rings is 1. The summed E-state index contributed by atoms with van der Waals surface area (Å²) in [7, 11) is -2.23. The van der Waals surface area contributed by atoms with Gasteiger partial charge in [-0.2, -0.15) is 5.10 Å². The zero-order valence-corrected chi connectivity index (χ0v) is 12.1. The van der Waals surface area contributed by atoms with E-state index >= 15 is 0 Å². The van der Waals surface area contributed by atoms with Crippen LogP contribution in [0.2, 0.25) is 0 Å². The van der Waals surface area contributed by atoms with Crippen LogP contribution in [0.1, 0.15) is 5.69 Å². The van der Waals surface area contributed by atoms with Gasteiger partial charge in [0, 0.05) is 19.3 Å². The molecule has 0 radical (unpaired) electrons. The van der Waals surface area contributed by atoms with Crippen LogP contribution < -0.4 is 10.5 Å². The second kappa shape index (κ2) is 5.05. The molecule has 0 saturated heterocycles. The molecule has 10 heteroatoms. The number of rotatable bonds is 4. The van der Waals surface area contributed by atoms with Crippen LogP contribution in [-0.2, 0) is 17.1 Å². The molecule has 0 aliphatic carbocycles. The van der Waals surface area contributed by atoms with Gasteiger partial charge in [-0.3, -0.25) is 19.5 Å². The molecule has 0 bridgehead atoms. The second-order valence-electron chi connectivity index (χ2n) is 4.39. The second-order valence-corrected chi connectivity index (χ2v) is 6.07. The zero-order valence-electron chi connectivity index (χ0n) is 11.3. The Morgan fingerprint density at radius 3 is 2.57 bits per heavy atom. The fourth-order valence-electron chi connectivity index (χ4n) is 1.77. The van der Waals surface area contributed by atoms with Crippen molar-refractivity contribution in [1.82, 2.24) is 9.78 Å². The van der Waals surface area contributed by atoms with Crippen molar-refractivity contribution in [3.63, 3.8) is 0 Å². The summed E-state index contributed by atoms with van der Waals surface area (Å²) in [6.45, 7) is 1.65. The molecule has 0 unspecified atom stereocenters. The number of nitro groups is 1. The van der Waals surface area contributed by atoms with Gasteiger partial charge in [0.25, 0.3) is 15.7 Å². The van der Waals surface area contributed by atoms with Gasteiger partial charge in [0.15, 0.2) is 0 Å². The molecule has 1 heterocycles. The van der Waals surface area contributed by atoms with Gasteiger partial charge in [0.2, 0.25) is 0 Å². The van der Waals surface area contributed by atoms with E-state index in [4.69, 9.17) is 5.73 Å². The summed E-state index contributed by atoms with van der Waals surface area (Å²) in [5, 5.41) is 14.7. The van der Waals surface area contributed by atoms with Crippen LogP contribution in [0.15, 0.2) is 29.3 Å². The lowest BCUT2D eigenvalue weighted by Crippen LogP contribution is -2.13. The third-order valence-electron chi connectivity index (χ3n) is 2.76. The van der Waals surface area contributed by atoms with Crippen molar-refractivity contribution in [2.75, 3.05) is 10.5 Å². The standard InChI is InChI=1S/C11H13N5O4S/c1-7-10(6-15(2)13-7)14-21(19,20)8-3-4-11(16(17)18)9(12)5-8/h3-6,14H,12H2,1-2H3. The first-order valence-electron chi connectivity index (χ1n) is 5.77. The van der Waals surface area contributed by atoms with Crippen LogP contribution in [0.25, 0.3) is 0 Å². The first-order chi connectivity index (χ1) is 9.70. The average Bonchev–Trinajstić information content (AvgIpc) is 2.66. The first-order valence-corrected chi connectivity index (χ1v) is 7.26. The molecule has 21 heavy (non-hydrogen) atoms. The van der Waals surface area contributed by atoms with Crippen molar-refractivity contribution in [2.24, 2.45) is 7.05 Å². The fourth-order valence-corrected chi connectivity index (χ4v) is 2.91. The highest BCUT2D eigenvalue weighted by atomic mass is 32.2. The Balaban J connectivity index is 2.38. The predicted octanol–water partition coefficient (Wildman–Crippen LogP) is 1.02. The van der Waals surface area contributed by atoms with Crippen LogP contribution >= 0.6 is 0 Å². The predicted molar refractivity (Wildman–Crippen MR) is 76.3 cm³/mol. The van der Waals surface area contributed by atoms with Gasteiger partial charge in [-0.1, -0.05) is 0 Å². The molecule has 2 rings (SSSR count). The molecule has 0 saturated carbocycles. The highest BCUT2D eigenvalue weighted by molar-refractivity contribution is 7.92. The lowest BCUT2D eigenvalue weighted by atomic mass is 10.3. The number of nitrogen functional groups attached to an aromatic ring is 1. The van der Waals surface area contributed by atoms with Crippen LogP contribution in [0.5, 0.6) is 0 Å². The lowest BCUT2D eigenvalue weighted by Gasteiger charge is -2.07. The number of sulfonamides is 1. The van der Waals surface area contributed by atoms with E-state index in [0.29, 0.717) is 11.4 Å². The molecule has 0 aliphatic heterocycles. The van der Waals surface area contributed by atoms with Gasteiger partial charge in [-0.05, 0) is 19.1 Å². The topological polar surface area (TPSA) is 133 Å². The van der Waals surface area contributed by atoms with Crippen molar-refractivity contribution in [3.05, 3.63) is 40.2 Å². The number of nitro benzene ring substituents is 1. The summed E-state index contributed by atoms with van der Waals surface area (Å²) in [5.41, 5.74) is 5.78. The molecule has 0 aliphatic rings. The van der Waals surface area contributed by atoms with E-state index in [-0.39, 0.29) is 16.3 Å². The van der Waals surface area contributed by atoms with Crippen LogP contribution in [0.3, 0.4) is 0 Å². The molecule has 3 N–H and O–H groups in total. The summed E-state index contributed by atoms with van der Waals surface area (Å²) in [6, 6.07) is 3.23. The van der Waals surface area contributed by atoms with E-state index in [1.807, 2.05) is 0 Å². The summed E-state index contributed by atoms with van der Waals surface area (Å²) in [4.78, 5) is 9.84. The zero-order chi connectivity index (χ0) is 15.8. The van der Waals surface area contributed by atoms with Crippen LogP contribution in [-0.4, -0.2) is 23.1 Å². The molecular weight excluding hydrogens is 298 g/mol. The largest absolute Gasteiger partial charge is 0.393 e. The minimum absolute atomic E-state index is 0.158. The van der Waals surface area contributed by atoms with Crippen molar-refractivity contribution in [2.45, 2.75) is 11.8 Å². The van der Waals surface area contributed by atoms with Crippen molar-refractivity contribution < 1.29 is 13.3 Å². The number of aromatic nitrogens is 2. The number of nitrogens with two attached hydrogens (primary N) is 1. The van der Waals surface area contributed by atoms with Gasteiger partial charge in [0.1, 0.15) is 5.69 Å². The van der Waals surface area contributed by atoms with E-state index < -0.39 is 14.9 Å². The van der Waals surface area contributed by atoms with Gasteiger partial charge in [-0.15, -0.1) is 0 Å². The molecule has 0 atom stereocenters. The molecule has 2 aromatic rings. The van der Waals surface area contributed by atoms with E-state index in [2.05, 4.69) is 9.82 Å². The summed E-state index contributed by atoms with van der Waals surface area (Å²) < 4.78 is 28.3. The maximum absolute atomic E-state index is 12.2. The Hall–Kier alpha value is -2.62. The number of nitrogens with zero attached hydrogens (tertiary/aromatic N) is 3. The molecule has 0 amide bonds. The van der Waals surface area contributed by atoms with Crippen molar-refractivity contribution in [1.29, 1.82) is 0 Å². The molecule has 9 nitrogen and oxygen atoms in total. The molecule has 1 aromatic carbocycles. The number of aryl methyl sites for hydroxylation is 2. The Labute approximate surface area is 120 Å². The van der Waals surface area contributed by atoms with Gasteiger partial charge < -0.3 is 5.73 Å². The lowest BCUT2D eigenvalue weighted by molar-refractivity contribution is -0.383. The number of nitrogens with one attached hydrogen (secondary N) is 1. The Morgan fingerprint density at radius 1 is 1.43 bits per heavy atom. The fraction of sp³-hybridized carbons (Fsp3) is 0.182. The smallest absolute Gasteiger partial charge is 0.292 e. The number of hydrogen-bond acceptors (Lipinski definition) is 6. The monoisotopic (exact) mass is 311 g/mol. The molecule has 0 spiro atoms. The minimum Gasteiger partial charge on any atom is -0.393 e. The van der Waals surface area contributed by atoms with E-state index in [9.17, 15) is 18.5 Å². The highest BCUT2D eigenvalue weighted by Crippen LogP contribution is 2.26. The maximum Gasteiger partial charge on any atom is 0.292 e. The average molecular weight is 311 g/mol. The Morgan fingerprint density at radius 2 is 2.10 bits per heavy atom. The van der Waals surface area contributed by atoms with E-state index in [1.54, 1.807) is 14.0 Å². The third kappa shape index (κ3) is 2.94. The Bertz CT molecular complexity index is 812. The molecule has 1 aromatic heterocycles. The molecular formula is C11H13N5O4S. The molecule has 0 fully saturated rings. The summed E-state index contributed by atoms with van der Waals surface area (Å²) in [5.74, 6) is 0. The van der Waals surface area contributed by atoms with Gasteiger partial charge >= 0.3 is 0 Å². The van der Waals surface area contributed by atoms with Crippen molar-refractivity contribution in [3.8, 4) is 0 Å². The Kier molecular flexibility index (Phi) is 3.56. The number of hydrogen-bond donors (Lipinski definition) is 2. The summed E-state index contributed by atoms with van der Waals surface area (Å²) in [6.07, 6.45) is 1.52. The van der Waals surface area contributed by atoms with E-state index in [0.717, 1.165) is 18.2 Å². The van der Waals surface area contributed by atoms with Crippen LogP contribution in [0, 0.1) is 17.0 Å². The van der Waals surface area contributed by atoms with Gasteiger partial charge in [-0.25, -0.2) is 8.42 Å². The minimum atomic E-state index is -3.89. The van der Waals surface area contributed by atoms with Crippen molar-refractivity contribution >= 4 is 27.1 Å². The molecule has 112 valence electrons. The maximum atomic E-state index is 12.2. The van der Waals surface area contributed by atoms with E-state index in [1.165, 1.54) is 10.9 Å². The SMILES string of the molecule is Cc1nn(C)cc1NS(=O)(=O)c1ccc([N+](=O)[O-])c(N)c1. The quantitative estimate of drug-likeness (QED) is 0.492. The van der Waals surface area contributed by atoms with Crippen LogP contribution in [0.4, 0.5) is 17.1 Å².